The number of aliphatic carboxylic acids is 1. The summed E-state index contributed by atoms with van der Waals surface area (Å²) in [7, 11) is 0. The van der Waals surface area contributed by atoms with Crippen LogP contribution in [0.3, 0.4) is 0 Å². The molecule has 1 unspecified atom stereocenters. The number of carbonyl (C=O) groups is 2. The Morgan fingerprint density at radius 2 is 2.26 bits per heavy atom. The molecule has 1 aliphatic rings. The normalized spacial score (nSPS) is 15.5. The molecule has 0 spiro atoms. The van der Waals surface area contributed by atoms with Crippen LogP contribution < -0.4 is 10.6 Å². The first-order chi connectivity index (χ1) is 9.08. The fraction of sp³-hybridized carbons (Fsp3) is 0.417. The largest absolute Gasteiger partial charge is 0.480 e. The molecule has 0 radical (unpaired) electrons. The molecule has 102 valence electrons. The van der Waals surface area contributed by atoms with E-state index in [1.54, 1.807) is 13.1 Å². The molecule has 0 bridgehead atoms. The Morgan fingerprint density at radius 3 is 2.74 bits per heavy atom. The van der Waals surface area contributed by atoms with Gasteiger partial charge in [0.25, 0.3) is 0 Å². The molecule has 0 saturated carbocycles. The van der Waals surface area contributed by atoms with Gasteiger partial charge in [-0.2, -0.15) is 0 Å². The van der Waals surface area contributed by atoms with Gasteiger partial charge in [0, 0.05) is 37.0 Å². The number of hydrogen-bond donors (Lipinski definition) is 4. The minimum absolute atomic E-state index is 0.182. The number of amides is 1. The fourth-order valence-electron chi connectivity index (χ4n) is 1.76. The van der Waals surface area contributed by atoms with Crippen molar-refractivity contribution in [3.8, 4) is 0 Å². The summed E-state index contributed by atoms with van der Waals surface area (Å²) in [6.07, 6.45) is 3.20. The molecule has 4 N–H and O–H groups in total. The van der Waals surface area contributed by atoms with Crippen molar-refractivity contribution in [3.63, 3.8) is 0 Å². The first kappa shape index (κ1) is 13.3. The van der Waals surface area contributed by atoms with Crippen LogP contribution in [0.15, 0.2) is 23.7 Å². The van der Waals surface area contributed by atoms with E-state index in [1.807, 2.05) is 0 Å². The molecule has 7 heteroatoms. The zero-order valence-corrected chi connectivity index (χ0v) is 10.6. The molecular weight excluding hydrogens is 248 g/mol. The van der Waals surface area contributed by atoms with E-state index in [2.05, 4.69) is 20.6 Å². The highest BCUT2D eigenvalue weighted by Crippen LogP contribution is 2.09. The standard InChI is InChI=1S/C12H16N4O3/c1-7(8-3-13-4-8)11(17)16-10(12(18)19)2-9-5-14-6-15-9/h5-6,10,13H,2-4H2,1H3,(H,14,15)(H,16,17)(H,18,19). The molecule has 2 rings (SSSR count). The molecule has 19 heavy (non-hydrogen) atoms. The third-order valence-corrected chi connectivity index (χ3v) is 3.13. The summed E-state index contributed by atoms with van der Waals surface area (Å²) < 4.78 is 0. The van der Waals surface area contributed by atoms with Crippen molar-refractivity contribution in [2.75, 3.05) is 13.1 Å². The van der Waals surface area contributed by atoms with Crippen molar-refractivity contribution in [1.82, 2.24) is 20.6 Å². The van der Waals surface area contributed by atoms with Crippen molar-refractivity contribution in [1.29, 1.82) is 0 Å². The minimum atomic E-state index is -1.06. The van der Waals surface area contributed by atoms with Gasteiger partial charge in [-0.25, -0.2) is 9.78 Å². The van der Waals surface area contributed by atoms with Crippen molar-refractivity contribution in [3.05, 3.63) is 29.4 Å². The van der Waals surface area contributed by atoms with Crippen LogP contribution in [0.2, 0.25) is 0 Å². The van der Waals surface area contributed by atoms with Gasteiger partial charge in [-0.3, -0.25) is 4.79 Å². The monoisotopic (exact) mass is 264 g/mol. The van der Waals surface area contributed by atoms with Gasteiger partial charge in [-0.05, 0) is 12.5 Å². The highest BCUT2D eigenvalue weighted by molar-refractivity contribution is 5.96. The number of rotatable bonds is 5. The Labute approximate surface area is 110 Å². The lowest BCUT2D eigenvalue weighted by atomic mass is 10.0. The van der Waals surface area contributed by atoms with Crippen LogP contribution in [0.5, 0.6) is 0 Å². The maximum atomic E-state index is 11.9. The average Bonchev–Trinajstić information content (AvgIpc) is 2.78. The number of carboxylic acid groups (broad SMARTS) is 1. The molecule has 0 aromatic carbocycles. The molecular formula is C12H16N4O3. The highest BCUT2D eigenvalue weighted by Gasteiger charge is 2.23. The number of aromatic amines is 1. The first-order valence-electron chi connectivity index (χ1n) is 5.98. The topological polar surface area (TPSA) is 107 Å². The van der Waals surface area contributed by atoms with Crippen LogP contribution >= 0.6 is 0 Å². The predicted molar refractivity (Wildman–Crippen MR) is 67.4 cm³/mol. The molecule has 1 aromatic heterocycles. The maximum Gasteiger partial charge on any atom is 0.326 e. The van der Waals surface area contributed by atoms with Crippen molar-refractivity contribution >= 4 is 11.9 Å². The molecule has 1 amide bonds. The maximum absolute atomic E-state index is 11.9. The lowest BCUT2D eigenvalue weighted by molar-refractivity contribution is -0.141. The second kappa shape index (κ2) is 5.66. The number of carbonyl (C=O) groups excluding carboxylic acids is 1. The average molecular weight is 264 g/mol. The van der Waals surface area contributed by atoms with Crippen molar-refractivity contribution in [2.24, 2.45) is 0 Å². The second-order valence-electron chi connectivity index (χ2n) is 4.48. The van der Waals surface area contributed by atoms with Gasteiger partial charge in [0.1, 0.15) is 6.04 Å². The molecule has 1 fully saturated rings. The Bertz CT molecular complexity index is 501. The molecule has 7 nitrogen and oxygen atoms in total. The van der Waals surface area contributed by atoms with Crippen LogP contribution in [0, 0.1) is 0 Å². The summed E-state index contributed by atoms with van der Waals surface area (Å²) in [5.74, 6) is -1.39. The number of hydrogen-bond acceptors (Lipinski definition) is 4. The molecule has 2 heterocycles. The quantitative estimate of drug-likeness (QED) is 0.533. The summed E-state index contributed by atoms with van der Waals surface area (Å²) >= 11 is 0. The summed E-state index contributed by atoms with van der Waals surface area (Å²) in [6.45, 7) is 3.09. The van der Waals surface area contributed by atoms with Gasteiger partial charge < -0.3 is 20.7 Å². The molecule has 1 saturated heterocycles. The Hall–Kier alpha value is -2.15. The van der Waals surface area contributed by atoms with E-state index in [0.717, 1.165) is 5.57 Å². The zero-order valence-electron chi connectivity index (χ0n) is 10.6. The van der Waals surface area contributed by atoms with E-state index in [1.165, 1.54) is 6.33 Å². The van der Waals surface area contributed by atoms with E-state index < -0.39 is 12.0 Å². The van der Waals surface area contributed by atoms with Gasteiger partial charge in [0.15, 0.2) is 0 Å². The van der Waals surface area contributed by atoms with E-state index in [-0.39, 0.29) is 12.3 Å². The Kier molecular flexibility index (Phi) is 3.96. The van der Waals surface area contributed by atoms with E-state index in [0.29, 0.717) is 24.4 Å². The Morgan fingerprint density at radius 1 is 1.53 bits per heavy atom. The molecule has 1 aromatic rings. The number of H-pyrrole nitrogens is 1. The highest BCUT2D eigenvalue weighted by atomic mass is 16.4. The van der Waals surface area contributed by atoms with Crippen LogP contribution in [0.1, 0.15) is 12.6 Å². The van der Waals surface area contributed by atoms with Crippen LogP contribution in [-0.2, 0) is 16.0 Å². The van der Waals surface area contributed by atoms with E-state index in [4.69, 9.17) is 5.11 Å². The van der Waals surface area contributed by atoms with Gasteiger partial charge in [-0.1, -0.05) is 0 Å². The summed E-state index contributed by atoms with van der Waals surface area (Å²) in [5.41, 5.74) is 2.28. The minimum Gasteiger partial charge on any atom is -0.480 e. The summed E-state index contributed by atoms with van der Waals surface area (Å²) in [6, 6.07) is -0.962. The van der Waals surface area contributed by atoms with Gasteiger partial charge in [0.05, 0.1) is 6.33 Å². The number of carboxylic acids is 1. The smallest absolute Gasteiger partial charge is 0.326 e. The SMILES string of the molecule is CC(C(=O)NC(Cc1cnc[nH]1)C(=O)O)=C1CNC1. The molecule has 1 aliphatic heterocycles. The van der Waals surface area contributed by atoms with Crippen molar-refractivity contribution in [2.45, 2.75) is 19.4 Å². The van der Waals surface area contributed by atoms with Gasteiger partial charge >= 0.3 is 5.97 Å². The fourth-order valence-corrected chi connectivity index (χ4v) is 1.76. The zero-order chi connectivity index (χ0) is 13.8. The summed E-state index contributed by atoms with van der Waals surface area (Å²) in [4.78, 5) is 29.7. The second-order valence-corrected chi connectivity index (χ2v) is 4.48. The number of aromatic nitrogens is 2. The van der Waals surface area contributed by atoms with Gasteiger partial charge in [-0.15, -0.1) is 0 Å². The summed E-state index contributed by atoms with van der Waals surface area (Å²) in [5, 5.41) is 14.7. The van der Waals surface area contributed by atoms with Crippen molar-refractivity contribution < 1.29 is 14.7 Å². The Balaban J connectivity index is 2.00. The lowest BCUT2D eigenvalue weighted by Gasteiger charge is -2.22. The first-order valence-corrected chi connectivity index (χ1v) is 5.98. The third-order valence-electron chi connectivity index (χ3n) is 3.13. The predicted octanol–water partition coefficient (Wildman–Crippen LogP) is -0.559. The molecule has 1 atom stereocenters. The number of nitrogens with one attached hydrogen (secondary N) is 3. The number of nitrogens with zero attached hydrogens (tertiary/aromatic N) is 1. The number of imidazole rings is 1. The van der Waals surface area contributed by atoms with Crippen LogP contribution in [0.4, 0.5) is 0 Å². The third kappa shape index (κ3) is 3.19. The van der Waals surface area contributed by atoms with E-state index >= 15 is 0 Å². The lowest BCUT2D eigenvalue weighted by Crippen LogP contribution is -2.44. The van der Waals surface area contributed by atoms with E-state index in [9.17, 15) is 9.59 Å². The van der Waals surface area contributed by atoms with Gasteiger partial charge in [0.2, 0.25) is 5.91 Å². The van der Waals surface area contributed by atoms with Crippen LogP contribution in [0.25, 0.3) is 0 Å². The van der Waals surface area contributed by atoms with Crippen LogP contribution in [-0.4, -0.2) is 46.1 Å². The molecule has 0 aliphatic carbocycles.